The SMILES string of the molecule is CCOC(=O)CNC(=O)N1Cc2ccccc2N(Cc2ccc(OC(C)C)cc2Cl)C[C@H]1C. The lowest BCUT2D eigenvalue weighted by molar-refractivity contribution is -0.141. The van der Waals surface area contributed by atoms with Gasteiger partial charge in [-0.2, -0.15) is 0 Å². The van der Waals surface area contributed by atoms with Gasteiger partial charge in [-0.1, -0.05) is 35.9 Å². The first-order chi connectivity index (χ1) is 15.8. The highest BCUT2D eigenvalue weighted by atomic mass is 35.5. The lowest BCUT2D eigenvalue weighted by Crippen LogP contribution is -2.48. The zero-order chi connectivity index (χ0) is 24.0. The molecule has 0 bridgehead atoms. The van der Waals surface area contributed by atoms with Crippen LogP contribution in [0.5, 0.6) is 5.75 Å². The van der Waals surface area contributed by atoms with Crippen molar-refractivity contribution in [2.75, 3.05) is 24.6 Å². The minimum absolute atomic E-state index is 0.0752. The van der Waals surface area contributed by atoms with Crippen LogP contribution < -0.4 is 15.0 Å². The van der Waals surface area contributed by atoms with Crippen LogP contribution in [0.3, 0.4) is 0 Å². The van der Waals surface area contributed by atoms with Gasteiger partial charge in [-0.15, -0.1) is 0 Å². The molecular formula is C25H32ClN3O4. The van der Waals surface area contributed by atoms with Crippen LogP contribution in [0.25, 0.3) is 0 Å². The number of benzene rings is 2. The maximum absolute atomic E-state index is 12.9. The molecule has 0 spiro atoms. The van der Waals surface area contributed by atoms with Gasteiger partial charge in [0.25, 0.3) is 0 Å². The van der Waals surface area contributed by atoms with Crippen molar-refractivity contribution in [3.63, 3.8) is 0 Å². The van der Waals surface area contributed by atoms with Gasteiger partial charge in [0, 0.05) is 36.4 Å². The summed E-state index contributed by atoms with van der Waals surface area (Å²) < 4.78 is 10.7. The van der Waals surface area contributed by atoms with E-state index in [1.807, 2.05) is 57.2 Å². The fourth-order valence-corrected chi connectivity index (χ4v) is 4.13. The minimum atomic E-state index is -0.449. The molecule has 0 saturated carbocycles. The van der Waals surface area contributed by atoms with Crippen molar-refractivity contribution in [3.8, 4) is 5.75 Å². The van der Waals surface area contributed by atoms with Gasteiger partial charge < -0.3 is 24.6 Å². The predicted molar refractivity (Wildman–Crippen MR) is 130 cm³/mol. The van der Waals surface area contributed by atoms with Gasteiger partial charge in [0.05, 0.1) is 12.7 Å². The number of halogens is 1. The molecule has 0 saturated heterocycles. The Labute approximate surface area is 200 Å². The fourth-order valence-electron chi connectivity index (χ4n) is 3.90. The molecule has 7 nitrogen and oxygen atoms in total. The number of rotatable bonds is 7. The van der Waals surface area contributed by atoms with Crippen molar-refractivity contribution >= 4 is 29.3 Å². The Kier molecular flexibility index (Phi) is 8.44. The Hall–Kier alpha value is -2.93. The third kappa shape index (κ3) is 6.54. The monoisotopic (exact) mass is 473 g/mol. The average molecular weight is 474 g/mol. The number of nitrogens with one attached hydrogen (secondary N) is 1. The van der Waals surface area contributed by atoms with Crippen molar-refractivity contribution in [2.45, 2.75) is 52.9 Å². The number of esters is 1. The van der Waals surface area contributed by atoms with E-state index >= 15 is 0 Å². The lowest BCUT2D eigenvalue weighted by Gasteiger charge is -2.30. The Morgan fingerprint density at radius 1 is 1.21 bits per heavy atom. The smallest absolute Gasteiger partial charge is 0.325 e. The molecule has 2 aromatic carbocycles. The van der Waals surface area contributed by atoms with Crippen molar-refractivity contribution in [3.05, 3.63) is 58.6 Å². The summed E-state index contributed by atoms with van der Waals surface area (Å²) in [5, 5.41) is 3.33. The van der Waals surface area contributed by atoms with Crippen LogP contribution in [-0.2, 0) is 22.6 Å². The van der Waals surface area contributed by atoms with Crippen molar-refractivity contribution in [1.29, 1.82) is 0 Å². The van der Waals surface area contributed by atoms with Gasteiger partial charge in [0.1, 0.15) is 12.3 Å². The molecule has 1 aliphatic heterocycles. The van der Waals surface area contributed by atoms with Gasteiger partial charge in [-0.25, -0.2) is 4.79 Å². The topological polar surface area (TPSA) is 71.1 Å². The molecule has 178 valence electrons. The molecule has 0 aromatic heterocycles. The maximum atomic E-state index is 12.9. The van der Waals surface area contributed by atoms with Crippen LogP contribution in [0.2, 0.25) is 5.02 Å². The molecule has 0 fully saturated rings. The summed E-state index contributed by atoms with van der Waals surface area (Å²) in [6, 6.07) is 13.4. The summed E-state index contributed by atoms with van der Waals surface area (Å²) in [7, 11) is 0. The van der Waals surface area contributed by atoms with Crippen molar-refractivity contribution in [2.24, 2.45) is 0 Å². The summed E-state index contributed by atoms with van der Waals surface area (Å²) in [5.74, 6) is 0.294. The molecule has 2 aromatic rings. The van der Waals surface area contributed by atoms with Gasteiger partial charge in [-0.05, 0) is 57.0 Å². The maximum Gasteiger partial charge on any atom is 0.325 e. The highest BCUT2D eigenvalue weighted by Crippen LogP contribution is 2.31. The largest absolute Gasteiger partial charge is 0.491 e. The quantitative estimate of drug-likeness (QED) is 0.594. The van der Waals surface area contributed by atoms with Crippen LogP contribution in [-0.4, -0.2) is 48.7 Å². The predicted octanol–water partition coefficient (Wildman–Crippen LogP) is 4.61. The second-order valence-electron chi connectivity index (χ2n) is 8.37. The molecule has 1 atom stereocenters. The number of amides is 2. The number of nitrogens with zero attached hydrogens (tertiary/aromatic N) is 2. The van der Waals surface area contributed by atoms with E-state index in [0.717, 1.165) is 22.6 Å². The van der Waals surface area contributed by atoms with E-state index in [-0.39, 0.29) is 31.3 Å². The van der Waals surface area contributed by atoms with E-state index in [1.165, 1.54) is 0 Å². The normalized spacial score (nSPS) is 15.6. The van der Waals surface area contributed by atoms with E-state index in [9.17, 15) is 9.59 Å². The number of hydrogen-bond acceptors (Lipinski definition) is 5. The number of hydrogen-bond donors (Lipinski definition) is 1. The number of anilines is 1. The summed E-state index contributed by atoms with van der Waals surface area (Å²) in [6.45, 7) is 9.48. The van der Waals surface area contributed by atoms with Gasteiger partial charge in [0.2, 0.25) is 0 Å². The van der Waals surface area contributed by atoms with Crippen LogP contribution in [0, 0.1) is 0 Å². The summed E-state index contributed by atoms with van der Waals surface area (Å²) in [4.78, 5) is 28.5. The molecule has 3 rings (SSSR count). The molecule has 1 heterocycles. The van der Waals surface area contributed by atoms with Gasteiger partial charge >= 0.3 is 12.0 Å². The molecule has 2 amide bonds. The van der Waals surface area contributed by atoms with E-state index < -0.39 is 5.97 Å². The zero-order valence-corrected chi connectivity index (χ0v) is 20.4. The number of para-hydroxylation sites is 1. The molecule has 0 aliphatic carbocycles. The van der Waals surface area contributed by atoms with Crippen molar-refractivity contribution < 1.29 is 19.1 Å². The highest BCUT2D eigenvalue weighted by molar-refractivity contribution is 6.31. The third-order valence-electron chi connectivity index (χ3n) is 5.40. The van der Waals surface area contributed by atoms with E-state index in [4.69, 9.17) is 21.1 Å². The fraction of sp³-hybridized carbons (Fsp3) is 0.440. The third-order valence-corrected chi connectivity index (χ3v) is 5.75. The Morgan fingerprint density at radius 3 is 2.67 bits per heavy atom. The van der Waals surface area contributed by atoms with E-state index in [0.29, 0.717) is 24.7 Å². The minimum Gasteiger partial charge on any atom is -0.491 e. The Balaban J connectivity index is 1.79. The van der Waals surface area contributed by atoms with Crippen LogP contribution >= 0.6 is 11.6 Å². The van der Waals surface area contributed by atoms with Crippen LogP contribution in [0.4, 0.5) is 10.5 Å². The first kappa shape index (κ1) is 24.7. The second kappa shape index (κ2) is 11.3. The Morgan fingerprint density at radius 2 is 1.97 bits per heavy atom. The number of carbonyl (C=O) groups excluding carboxylic acids is 2. The first-order valence-corrected chi connectivity index (χ1v) is 11.6. The molecule has 0 radical (unpaired) electrons. The van der Waals surface area contributed by atoms with Crippen molar-refractivity contribution in [1.82, 2.24) is 10.2 Å². The first-order valence-electron chi connectivity index (χ1n) is 11.3. The number of urea groups is 1. The van der Waals surface area contributed by atoms with Crippen LogP contribution in [0.1, 0.15) is 38.8 Å². The average Bonchev–Trinajstić information content (AvgIpc) is 2.90. The second-order valence-corrected chi connectivity index (χ2v) is 8.78. The highest BCUT2D eigenvalue weighted by Gasteiger charge is 2.29. The van der Waals surface area contributed by atoms with E-state index in [2.05, 4.69) is 16.3 Å². The molecule has 8 heteroatoms. The zero-order valence-electron chi connectivity index (χ0n) is 19.6. The molecule has 1 aliphatic rings. The molecule has 0 unspecified atom stereocenters. The van der Waals surface area contributed by atoms with Gasteiger partial charge in [0.15, 0.2) is 0 Å². The lowest BCUT2D eigenvalue weighted by atomic mass is 10.1. The number of ether oxygens (including phenoxy) is 2. The summed E-state index contributed by atoms with van der Waals surface area (Å²) in [5.41, 5.74) is 3.07. The molecular weight excluding hydrogens is 442 g/mol. The number of fused-ring (bicyclic) bond motifs is 1. The summed E-state index contributed by atoms with van der Waals surface area (Å²) >= 11 is 6.59. The molecule has 33 heavy (non-hydrogen) atoms. The van der Waals surface area contributed by atoms with E-state index in [1.54, 1.807) is 11.8 Å². The standard InChI is InChI=1S/C25H32ClN3O4/c1-5-32-24(30)13-27-25(31)29-16-20-8-6-7-9-23(20)28(14-18(29)4)15-19-10-11-21(12-22(19)26)33-17(2)3/h6-12,17-18H,5,13-16H2,1-4H3,(H,27,31)/t18-/m1/s1. The summed E-state index contributed by atoms with van der Waals surface area (Å²) in [6.07, 6.45) is 0.0752. The van der Waals surface area contributed by atoms with Gasteiger partial charge in [-0.3, -0.25) is 4.79 Å². The Bertz CT molecular complexity index is 982. The van der Waals surface area contributed by atoms with Crippen LogP contribution in [0.15, 0.2) is 42.5 Å². The number of carbonyl (C=O) groups is 2. The molecule has 1 N–H and O–H groups in total.